The molecule has 0 unspecified atom stereocenters. The average molecular weight is 242 g/mol. The summed E-state index contributed by atoms with van der Waals surface area (Å²) in [4.78, 5) is 0. The minimum absolute atomic E-state index is 0.0470. The molecule has 0 saturated heterocycles. The molecule has 0 spiro atoms. The Bertz CT molecular complexity index is 355. The molecule has 1 rings (SSSR count). The minimum Gasteiger partial charge on any atom is -0.394 e. The molecule has 0 aliphatic heterocycles. The summed E-state index contributed by atoms with van der Waals surface area (Å²) in [7, 11) is 0. The van der Waals surface area contributed by atoms with Crippen LogP contribution in [-0.2, 0) is 13.1 Å². The summed E-state index contributed by atoms with van der Waals surface area (Å²) in [6.07, 6.45) is 1.78. The molecule has 1 heterocycles. The topological polar surface area (TPSA) is 83.2 Å². The van der Waals surface area contributed by atoms with Gasteiger partial charge in [0, 0.05) is 18.3 Å². The van der Waals surface area contributed by atoms with Gasteiger partial charge < -0.3 is 15.5 Å². The second-order valence-corrected chi connectivity index (χ2v) is 5.23. The third-order valence-electron chi connectivity index (χ3n) is 3.16. The Hall–Kier alpha value is -0.980. The summed E-state index contributed by atoms with van der Waals surface area (Å²) in [6, 6.07) is 0. The van der Waals surface area contributed by atoms with Crippen LogP contribution < -0.4 is 5.32 Å². The molecule has 0 saturated carbocycles. The van der Waals surface area contributed by atoms with Crippen LogP contribution in [0.15, 0.2) is 6.20 Å². The van der Waals surface area contributed by atoms with E-state index in [0.717, 1.165) is 5.69 Å². The zero-order valence-electron chi connectivity index (χ0n) is 10.9. The quantitative estimate of drug-likeness (QED) is 0.649. The van der Waals surface area contributed by atoms with Crippen molar-refractivity contribution in [1.29, 1.82) is 0 Å². The highest BCUT2D eigenvalue weighted by Gasteiger charge is 2.34. The van der Waals surface area contributed by atoms with Gasteiger partial charge in [0.15, 0.2) is 0 Å². The standard InChI is InChI=1S/C11H22N4O2/c1-10(2,11(3,4)17)12-7-9-8-15(5-6-16)14-13-9/h8,12,16-17H,5-7H2,1-4H3. The monoisotopic (exact) mass is 242 g/mol. The average Bonchev–Trinajstić information content (AvgIpc) is 2.62. The van der Waals surface area contributed by atoms with Crippen LogP contribution in [0.1, 0.15) is 33.4 Å². The highest BCUT2D eigenvalue weighted by molar-refractivity contribution is 4.98. The zero-order valence-corrected chi connectivity index (χ0v) is 10.9. The molecule has 0 aliphatic carbocycles. The Morgan fingerprint density at radius 1 is 1.35 bits per heavy atom. The number of aliphatic hydroxyl groups excluding tert-OH is 1. The molecule has 0 radical (unpaired) electrons. The predicted molar refractivity (Wildman–Crippen MR) is 64.3 cm³/mol. The Balaban J connectivity index is 2.55. The van der Waals surface area contributed by atoms with Crippen molar-refractivity contribution in [3.05, 3.63) is 11.9 Å². The van der Waals surface area contributed by atoms with Gasteiger partial charge in [-0.1, -0.05) is 5.21 Å². The summed E-state index contributed by atoms with van der Waals surface area (Å²) in [6.45, 7) is 8.43. The molecular weight excluding hydrogens is 220 g/mol. The first-order valence-corrected chi connectivity index (χ1v) is 5.73. The third kappa shape index (κ3) is 3.76. The maximum Gasteiger partial charge on any atom is 0.0965 e. The van der Waals surface area contributed by atoms with E-state index in [0.29, 0.717) is 13.1 Å². The number of aliphatic hydroxyl groups is 2. The first-order chi connectivity index (χ1) is 7.76. The SMILES string of the molecule is CC(C)(O)C(C)(C)NCc1cn(CCO)nn1. The fourth-order valence-corrected chi connectivity index (χ4v) is 1.16. The second kappa shape index (κ2) is 5.12. The molecule has 6 nitrogen and oxygen atoms in total. The number of nitrogens with one attached hydrogen (secondary N) is 1. The summed E-state index contributed by atoms with van der Waals surface area (Å²) in [5, 5.41) is 29.8. The molecule has 0 atom stereocenters. The highest BCUT2D eigenvalue weighted by atomic mass is 16.3. The summed E-state index contributed by atoms with van der Waals surface area (Å²) in [5.74, 6) is 0. The number of hydrogen-bond donors (Lipinski definition) is 3. The van der Waals surface area contributed by atoms with Crippen molar-refractivity contribution in [2.75, 3.05) is 6.61 Å². The molecule has 0 aromatic carbocycles. The highest BCUT2D eigenvalue weighted by Crippen LogP contribution is 2.20. The molecule has 0 amide bonds. The van der Waals surface area contributed by atoms with Gasteiger partial charge in [0.05, 0.1) is 24.4 Å². The lowest BCUT2D eigenvalue weighted by Gasteiger charge is -2.38. The Kier molecular flexibility index (Phi) is 4.24. The Labute approximate surface area is 102 Å². The van der Waals surface area contributed by atoms with E-state index < -0.39 is 11.1 Å². The van der Waals surface area contributed by atoms with Gasteiger partial charge in [-0.05, 0) is 27.7 Å². The lowest BCUT2D eigenvalue weighted by atomic mass is 9.86. The lowest BCUT2D eigenvalue weighted by Crippen LogP contribution is -2.55. The van der Waals surface area contributed by atoms with Crippen LogP contribution in [0.3, 0.4) is 0 Å². The summed E-state index contributed by atoms with van der Waals surface area (Å²) >= 11 is 0. The van der Waals surface area contributed by atoms with E-state index in [-0.39, 0.29) is 6.61 Å². The molecule has 0 aliphatic rings. The van der Waals surface area contributed by atoms with Crippen LogP contribution in [-0.4, -0.2) is 43.0 Å². The maximum atomic E-state index is 9.98. The maximum absolute atomic E-state index is 9.98. The molecule has 0 fully saturated rings. The predicted octanol–water partition coefficient (Wildman–Crippen LogP) is -0.0905. The van der Waals surface area contributed by atoms with Gasteiger partial charge in [0.1, 0.15) is 0 Å². The van der Waals surface area contributed by atoms with E-state index in [4.69, 9.17) is 5.11 Å². The fraction of sp³-hybridized carbons (Fsp3) is 0.818. The van der Waals surface area contributed by atoms with E-state index in [1.54, 1.807) is 24.7 Å². The van der Waals surface area contributed by atoms with Gasteiger partial charge in [-0.15, -0.1) is 5.10 Å². The smallest absolute Gasteiger partial charge is 0.0965 e. The van der Waals surface area contributed by atoms with Crippen molar-refractivity contribution in [2.24, 2.45) is 0 Å². The van der Waals surface area contributed by atoms with Gasteiger partial charge >= 0.3 is 0 Å². The number of hydrogen-bond acceptors (Lipinski definition) is 5. The van der Waals surface area contributed by atoms with Crippen molar-refractivity contribution in [2.45, 2.75) is 51.9 Å². The van der Waals surface area contributed by atoms with Gasteiger partial charge in [0.25, 0.3) is 0 Å². The van der Waals surface area contributed by atoms with Gasteiger partial charge in [0.2, 0.25) is 0 Å². The van der Waals surface area contributed by atoms with Crippen molar-refractivity contribution in [3.8, 4) is 0 Å². The van der Waals surface area contributed by atoms with Crippen molar-refractivity contribution < 1.29 is 10.2 Å². The van der Waals surface area contributed by atoms with Crippen molar-refractivity contribution >= 4 is 0 Å². The zero-order chi connectivity index (χ0) is 13.1. The molecule has 17 heavy (non-hydrogen) atoms. The van der Waals surface area contributed by atoms with E-state index >= 15 is 0 Å². The molecular formula is C11H22N4O2. The van der Waals surface area contributed by atoms with E-state index in [1.807, 2.05) is 13.8 Å². The Morgan fingerprint density at radius 3 is 2.53 bits per heavy atom. The van der Waals surface area contributed by atoms with E-state index in [2.05, 4.69) is 15.6 Å². The van der Waals surface area contributed by atoms with Crippen molar-refractivity contribution in [1.82, 2.24) is 20.3 Å². The number of rotatable bonds is 6. The van der Waals surface area contributed by atoms with E-state index in [1.165, 1.54) is 0 Å². The van der Waals surface area contributed by atoms with Gasteiger partial charge in [-0.2, -0.15) is 0 Å². The van der Waals surface area contributed by atoms with E-state index in [9.17, 15) is 5.11 Å². The van der Waals surface area contributed by atoms with Gasteiger partial charge in [-0.25, -0.2) is 4.68 Å². The molecule has 1 aromatic heterocycles. The second-order valence-electron chi connectivity index (χ2n) is 5.23. The van der Waals surface area contributed by atoms with Crippen LogP contribution in [0.25, 0.3) is 0 Å². The first kappa shape index (κ1) is 14.1. The lowest BCUT2D eigenvalue weighted by molar-refractivity contribution is -0.00546. The summed E-state index contributed by atoms with van der Waals surface area (Å²) in [5.41, 5.74) is -0.460. The Morgan fingerprint density at radius 2 is 2.00 bits per heavy atom. The molecule has 98 valence electrons. The fourth-order valence-electron chi connectivity index (χ4n) is 1.16. The van der Waals surface area contributed by atoms with Gasteiger partial charge in [-0.3, -0.25) is 0 Å². The van der Waals surface area contributed by atoms with Crippen LogP contribution in [0.5, 0.6) is 0 Å². The number of aromatic nitrogens is 3. The van der Waals surface area contributed by atoms with Crippen LogP contribution in [0, 0.1) is 0 Å². The molecule has 1 aromatic rings. The molecule has 0 bridgehead atoms. The van der Waals surface area contributed by atoms with Crippen molar-refractivity contribution in [3.63, 3.8) is 0 Å². The molecule has 6 heteroatoms. The minimum atomic E-state index is -0.825. The normalized spacial score (nSPS) is 13.1. The summed E-state index contributed by atoms with van der Waals surface area (Å²) < 4.78 is 1.59. The third-order valence-corrected chi connectivity index (χ3v) is 3.16. The van der Waals surface area contributed by atoms with Crippen LogP contribution in [0.2, 0.25) is 0 Å². The first-order valence-electron chi connectivity index (χ1n) is 5.73. The van der Waals surface area contributed by atoms with Crippen LogP contribution >= 0.6 is 0 Å². The number of nitrogens with zero attached hydrogens (tertiary/aromatic N) is 3. The van der Waals surface area contributed by atoms with Crippen LogP contribution in [0.4, 0.5) is 0 Å². The largest absolute Gasteiger partial charge is 0.394 e. The molecule has 3 N–H and O–H groups in total.